The maximum Gasteiger partial charge on any atom is 0.0826 e. The van der Waals surface area contributed by atoms with E-state index in [0.29, 0.717) is 6.10 Å². The van der Waals surface area contributed by atoms with Crippen LogP contribution in [0, 0.1) is 0 Å². The summed E-state index contributed by atoms with van der Waals surface area (Å²) < 4.78 is 5.81. The van der Waals surface area contributed by atoms with Crippen LogP contribution in [0.3, 0.4) is 0 Å². The van der Waals surface area contributed by atoms with E-state index in [2.05, 4.69) is 50.0 Å². The Balaban J connectivity index is 1.74. The Morgan fingerprint density at radius 1 is 1.40 bits per heavy atom. The molecule has 1 saturated heterocycles. The highest BCUT2D eigenvalue weighted by Gasteiger charge is 2.19. The van der Waals surface area contributed by atoms with Crippen molar-refractivity contribution in [3.8, 4) is 0 Å². The van der Waals surface area contributed by atoms with E-state index >= 15 is 0 Å². The topological polar surface area (TPSA) is 24.5 Å². The van der Waals surface area contributed by atoms with Crippen molar-refractivity contribution in [3.05, 3.63) is 21.9 Å². The van der Waals surface area contributed by atoms with Gasteiger partial charge in [-0.25, -0.2) is 0 Å². The molecule has 2 heterocycles. The van der Waals surface area contributed by atoms with E-state index in [-0.39, 0.29) is 5.41 Å². The van der Waals surface area contributed by atoms with Crippen LogP contribution < -0.4 is 5.32 Å². The van der Waals surface area contributed by atoms with Gasteiger partial charge >= 0.3 is 0 Å². The summed E-state index contributed by atoms with van der Waals surface area (Å²) in [5.74, 6) is 0. The van der Waals surface area contributed by atoms with E-state index < -0.39 is 0 Å². The smallest absolute Gasteiger partial charge is 0.0826 e. The third-order valence-electron chi connectivity index (χ3n) is 3.74. The number of ether oxygens (including phenoxy) is 1. The van der Waals surface area contributed by atoms with Gasteiger partial charge in [0.1, 0.15) is 0 Å². The zero-order valence-corrected chi connectivity index (χ0v) is 14.1. The second-order valence-corrected chi connectivity index (χ2v) is 7.70. The maximum atomic E-state index is 5.81. The molecule has 0 aromatic carbocycles. The van der Waals surface area contributed by atoms with Gasteiger partial charge in [0.05, 0.1) is 12.7 Å². The molecule has 1 aromatic rings. The molecule has 1 fully saturated rings. The Morgan fingerprint density at radius 3 is 2.85 bits per heavy atom. The van der Waals surface area contributed by atoms with E-state index in [9.17, 15) is 0 Å². The molecule has 20 heavy (non-hydrogen) atoms. The van der Waals surface area contributed by atoms with E-state index in [1.54, 1.807) is 0 Å². The fourth-order valence-corrected chi connectivity index (χ4v) is 3.46. The van der Waals surface area contributed by atoms with Crippen LogP contribution >= 0.6 is 11.3 Å². The molecule has 0 saturated carbocycles. The molecular weight excluding hydrogens is 268 g/mol. The van der Waals surface area contributed by atoms with E-state index in [4.69, 9.17) is 4.74 Å². The normalized spacial score (nSPS) is 21.3. The third-order valence-corrected chi connectivity index (χ3v) is 5.25. The largest absolute Gasteiger partial charge is 0.374 e. The summed E-state index contributed by atoms with van der Waals surface area (Å²) in [5.41, 5.74) is 0.261. The Kier molecular flexibility index (Phi) is 5.61. The average Bonchev–Trinajstić information content (AvgIpc) is 2.88. The van der Waals surface area contributed by atoms with Crippen LogP contribution in [0.25, 0.3) is 0 Å². The van der Waals surface area contributed by atoms with Gasteiger partial charge in [0.2, 0.25) is 0 Å². The molecule has 1 N–H and O–H groups in total. The molecule has 0 amide bonds. The van der Waals surface area contributed by atoms with Crippen LogP contribution in [0.1, 0.15) is 37.4 Å². The Labute approximate surface area is 127 Å². The van der Waals surface area contributed by atoms with Crippen LogP contribution in [0.4, 0.5) is 0 Å². The van der Waals surface area contributed by atoms with Crippen LogP contribution in [0.2, 0.25) is 0 Å². The fraction of sp³-hybridized carbons (Fsp3) is 0.750. The molecule has 1 atom stereocenters. The minimum absolute atomic E-state index is 0.261. The Bertz CT molecular complexity index is 411. The Morgan fingerprint density at radius 2 is 2.20 bits per heavy atom. The summed E-state index contributed by atoms with van der Waals surface area (Å²) >= 11 is 1.92. The van der Waals surface area contributed by atoms with Gasteiger partial charge in [-0.15, -0.1) is 11.3 Å². The highest BCUT2D eigenvalue weighted by atomic mass is 32.1. The van der Waals surface area contributed by atoms with Gasteiger partial charge < -0.3 is 10.1 Å². The number of nitrogens with one attached hydrogen (secondary N) is 1. The van der Waals surface area contributed by atoms with Gasteiger partial charge in [0, 0.05) is 35.9 Å². The lowest BCUT2D eigenvalue weighted by atomic mass is 9.95. The van der Waals surface area contributed by atoms with Crippen LogP contribution in [-0.2, 0) is 16.7 Å². The zero-order chi connectivity index (χ0) is 14.6. The van der Waals surface area contributed by atoms with Crippen molar-refractivity contribution in [1.82, 2.24) is 10.2 Å². The molecule has 114 valence electrons. The highest BCUT2D eigenvalue weighted by molar-refractivity contribution is 7.12. The van der Waals surface area contributed by atoms with Crippen molar-refractivity contribution in [3.63, 3.8) is 0 Å². The number of rotatable bonds is 5. The second kappa shape index (κ2) is 7.03. The molecule has 4 heteroatoms. The van der Waals surface area contributed by atoms with Gasteiger partial charge in [-0.1, -0.05) is 27.7 Å². The average molecular weight is 296 g/mol. The number of hydrogen-bond acceptors (Lipinski definition) is 4. The SMILES string of the molecule is CCN1CCOC(CNCc2ccc(C(C)(C)C)s2)C1. The molecule has 1 aliphatic heterocycles. The molecular formula is C16H28N2OS. The molecule has 1 aromatic heterocycles. The zero-order valence-electron chi connectivity index (χ0n) is 13.2. The van der Waals surface area contributed by atoms with Crippen molar-refractivity contribution < 1.29 is 4.74 Å². The predicted molar refractivity (Wildman–Crippen MR) is 86.6 cm³/mol. The molecule has 0 radical (unpaired) electrons. The van der Waals surface area contributed by atoms with Crippen molar-refractivity contribution in [2.45, 2.75) is 45.8 Å². The molecule has 2 rings (SSSR count). The first kappa shape index (κ1) is 16.0. The molecule has 0 spiro atoms. The summed E-state index contributed by atoms with van der Waals surface area (Å²) in [6.07, 6.45) is 0.339. The van der Waals surface area contributed by atoms with Crippen molar-refractivity contribution in [1.29, 1.82) is 0 Å². The Hall–Kier alpha value is -0.420. The molecule has 0 aliphatic carbocycles. The summed E-state index contributed by atoms with van der Waals surface area (Å²) in [6.45, 7) is 15.0. The predicted octanol–water partition coefficient (Wildman–Crippen LogP) is 2.86. The lowest BCUT2D eigenvalue weighted by Gasteiger charge is -2.32. The summed E-state index contributed by atoms with van der Waals surface area (Å²) in [5, 5.41) is 3.54. The number of hydrogen-bond donors (Lipinski definition) is 1. The number of morpholine rings is 1. The standard InChI is InChI=1S/C16H28N2OS/c1-5-18-8-9-19-13(12-18)10-17-11-14-6-7-15(20-14)16(2,3)4/h6-7,13,17H,5,8-12H2,1-4H3. The first-order valence-electron chi connectivity index (χ1n) is 7.63. The summed E-state index contributed by atoms with van der Waals surface area (Å²) in [6, 6.07) is 4.51. The van der Waals surface area contributed by atoms with Gasteiger partial charge in [0.25, 0.3) is 0 Å². The molecule has 1 aliphatic rings. The van der Waals surface area contributed by atoms with E-state index in [1.807, 2.05) is 11.3 Å². The first-order chi connectivity index (χ1) is 9.49. The van der Waals surface area contributed by atoms with E-state index in [1.165, 1.54) is 9.75 Å². The minimum Gasteiger partial charge on any atom is -0.374 e. The fourth-order valence-electron chi connectivity index (χ4n) is 2.42. The van der Waals surface area contributed by atoms with Crippen molar-refractivity contribution in [2.24, 2.45) is 0 Å². The highest BCUT2D eigenvalue weighted by Crippen LogP contribution is 2.29. The van der Waals surface area contributed by atoms with Gasteiger partial charge in [-0.2, -0.15) is 0 Å². The third kappa shape index (κ3) is 4.55. The summed E-state index contributed by atoms with van der Waals surface area (Å²) in [4.78, 5) is 5.33. The van der Waals surface area contributed by atoms with Crippen molar-refractivity contribution in [2.75, 3.05) is 32.8 Å². The first-order valence-corrected chi connectivity index (χ1v) is 8.44. The minimum atomic E-state index is 0.261. The van der Waals surface area contributed by atoms with E-state index in [0.717, 1.165) is 39.3 Å². The molecule has 3 nitrogen and oxygen atoms in total. The second-order valence-electron chi connectivity index (χ2n) is 6.53. The number of nitrogens with zero attached hydrogens (tertiary/aromatic N) is 1. The molecule has 1 unspecified atom stereocenters. The maximum absolute atomic E-state index is 5.81. The van der Waals surface area contributed by atoms with Crippen LogP contribution in [0.5, 0.6) is 0 Å². The quantitative estimate of drug-likeness (QED) is 0.904. The lowest BCUT2D eigenvalue weighted by molar-refractivity contribution is -0.0253. The van der Waals surface area contributed by atoms with Crippen molar-refractivity contribution >= 4 is 11.3 Å². The monoisotopic (exact) mass is 296 g/mol. The van der Waals surface area contributed by atoms with Crippen LogP contribution in [0.15, 0.2) is 12.1 Å². The number of thiophene rings is 1. The van der Waals surface area contributed by atoms with Gasteiger partial charge in [-0.05, 0) is 24.1 Å². The number of likely N-dealkylation sites (N-methyl/N-ethyl adjacent to an activating group) is 1. The van der Waals surface area contributed by atoms with Crippen LogP contribution in [-0.4, -0.2) is 43.8 Å². The van der Waals surface area contributed by atoms with Gasteiger partial charge in [-0.3, -0.25) is 4.90 Å². The molecule has 0 bridgehead atoms. The lowest BCUT2D eigenvalue weighted by Crippen LogP contribution is -2.46. The van der Waals surface area contributed by atoms with Gasteiger partial charge in [0.15, 0.2) is 0 Å². The summed E-state index contributed by atoms with van der Waals surface area (Å²) in [7, 11) is 0.